The van der Waals surface area contributed by atoms with Crippen molar-refractivity contribution in [2.45, 2.75) is 33.1 Å². The first-order valence-electron chi connectivity index (χ1n) is 6.98. The van der Waals surface area contributed by atoms with Crippen LogP contribution in [0.15, 0.2) is 24.3 Å². The average Bonchev–Trinajstić information content (AvgIpc) is 2.46. The lowest BCUT2D eigenvalue weighted by molar-refractivity contribution is -0.144. The summed E-state index contributed by atoms with van der Waals surface area (Å²) in [4.78, 5) is 11.5. The number of ether oxygens (including phenoxy) is 2. The van der Waals surface area contributed by atoms with Gasteiger partial charge in [-0.15, -0.1) is 0 Å². The van der Waals surface area contributed by atoms with E-state index in [9.17, 15) is 4.79 Å². The molecule has 0 bridgehead atoms. The van der Waals surface area contributed by atoms with Crippen LogP contribution in [0.25, 0.3) is 0 Å². The van der Waals surface area contributed by atoms with Crippen LogP contribution in [0.1, 0.15) is 33.1 Å². The van der Waals surface area contributed by atoms with Gasteiger partial charge in [0.1, 0.15) is 5.75 Å². The fourth-order valence-electron chi connectivity index (χ4n) is 1.64. The largest absolute Gasteiger partial charge is 0.493 e. The van der Waals surface area contributed by atoms with Crippen LogP contribution in [-0.4, -0.2) is 19.2 Å². The number of hydrogen-bond donors (Lipinski definition) is 1. The number of benzene rings is 1. The molecule has 0 aliphatic rings. The van der Waals surface area contributed by atoms with E-state index < -0.39 is 0 Å². The number of carbonyl (C=O) groups is 1. The van der Waals surface area contributed by atoms with Crippen LogP contribution < -0.4 is 10.5 Å². The van der Waals surface area contributed by atoms with Crippen molar-refractivity contribution in [2.24, 2.45) is 5.41 Å². The Morgan fingerprint density at radius 2 is 1.95 bits per heavy atom. The van der Waals surface area contributed by atoms with Gasteiger partial charge in [0.05, 0.1) is 31.1 Å². The summed E-state index contributed by atoms with van der Waals surface area (Å²) in [5.41, 5.74) is 5.86. The highest BCUT2D eigenvalue weighted by Crippen LogP contribution is 2.20. The van der Waals surface area contributed by atoms with Gasteiger partial charge in [-0.1, -0.05) is 0 Å². The van der Waals surface area contributed by atoms with Gasteiger partial charge in [-0.3, -0.25) is 4.79 Å². The third kappa shape index (κ3) is 7.21. The fourth-order valence-corrected chi connectivity index (χ4v) is 1.64. The minimum Gasteiger partial charge on any atom is -0.493 e. The monoisotopic (exact) mass is 290 g/mol. The summed E-state index contributed by atoms with van der Waals surface area (Å²) in [6.07, 6.45) is 1.59. The third-order valence-electron chi connectivity index (χ3n) is 2.97. The standard InChI is InChI=1S/C16H22N2O3/c1-16(2,12-17)9-3-10-21-15(19)8-11-20-14-6-4-13(18)5-7-14/h4-7H,3,8-11,18H2,1-2H3. The highest BCUT2D eigenvalue weighted by atomic mass is 16.5. The molecule has 0 radical (unpaired) electrons. The molecule has 0 aliphatic heterocycles. The molecule has 5 heteroatoms. The summed E-state index contributed by atoms with van der Waals surface area (Å²) in [7, 11) is 0. The van der Waals surface area contributed by atoms with Gasteiger partial charge < -0.3 is 15.2 Å². The Morgan fingerprint density at radius 3 is 2.57 bits per heavy atom. The topological polar surface area (TPSA) is 85.3 Å². The van der Waals surface area contributed by atoms with Gasteiger partial charge in [-0.2, -0.15) is 5.26 Å². The number of esters is 1. The van der Waals surface area contributed by atoms with Crippen LogP contribution in [0.5, 0.6) is 5.75 Å². The van der Waals surface area contributed by atoms with Gasteiger partial charge in [0.15, 0.2) is 0 Å². The van der Waals surface area contributed by atoms with Crippen LogP contribution in [0, 0.1) is 16.7 Å². The highest BCUT2D eigenvalue weighted by molar-refractivity contribution is 5.69. The minimum atomic E-state index is -0.370. The summed E-state index contributed by atoms with van der Waals surface area (Å²) in [5.74, 6) is 0.382. The first kappa shape index (κ1) is 16.8. The number of anilines is 1. The molecule has 5 nitrogen and oxygen atoms in total. The molecular weight excluding hydrogens is 268 g/mol. The molecule has 0 saturated heterocycles. The van der Waals surface area contributed by atoms with Crippen molar-refractivity contribution in [1.82, 2.24) is 0 Å². The Morgan fingerprint density at radius 1 is 1.29 bits per heavy atom. The number of rotatable bonds is 8. The van der Waals surface area contributed by atoms with Gasteiger partial charge in [-0.05, 0) is 51.0 Å². The number of nitrogen functional groups attached to an aromatic ring is 1. The smallest absolute Gasteiger partial charge is 0.309 e. The van der Waals surface area contributed by atoms with Gasteiger partial charge in [0.2, 0.25) is 0 Å². The quantitative estimate of drug-likeness (QED) is 0.452. The Bertz CT molecular complexity index is 489. The fraction of sp³-hybridized carbons (Fsp3) is 0.500. The number of nitriles is 1. The second kappa shape index (κ2) is 8.15. The van der Waals surface area contributed by atoms with E-state index in [1.807, 2.05) is 13.8 Å². The molecule has 0 aliphatic carbocycles. The van der Waals surface area contributed by atoms with E-state index >= 15 is 0 Å². The van der Waals surface area contributed by atoms with E-state index in [1.54, 1.807) is 24.3 Å². The Labute approximate surface area is 125 Å². The van der Waals surface area contributed by atoms with E-state index in [0.29, 0.717) is 30.9 Å². The zero-order chi connectivity index (χ0) is 15.7. The molecule has 0 aromatic heterocycles. The third-order valence-corrected chi connectivity index (χ3v) is 2.97. The lowest BCUT2D eigenvalue weighted by Crippen LogP contribution is -2.13. The Hall–Kier alpha value is -2.22. The first-order chi connectivity index (χ1) is 9.93. The number of hydrogen-bond acceptors (Lipinski definition) is 5. The van der Waals surface area contributed by atoms with Gasteiger partial charge in [-0.25, -0.2) is 0 Å². The summed E-state index contributed by atoms with van der Waals surface area (Å²) in [5, 5.41) is 8.86. The normalized spacial score (nSPS) is 10.7. The van der Waals surface area contributed by atoms with E-state index in [4.69, 9.17) is 20.5 Å². The maximum atomic E-state index is 11.5. The molecule has 0 saturated carbocycles. The molecule has 114 valence electrons. The molecule has 0 fully saturated rings. The summed E-state index contributed by atoms with van der Waals surface area (Å²) < 4.78 is 10.5. The maximum Gasteiger partial charge on any atom is 0.309 e. The molecule has 21 heavy (non-hydrogen) atoms. The summed E-state index contributed by atoms with van der Waals surface area (Å²) >= 11 is 0. The van der Waals surface area contributed by atoms with Crippen molar-refractivity contribution in [2.75, 3.05) is 18.9 Å². The number of nitrogens with zero attached hydrogens (tertiary/aromatic N) is 1. The number of carbonyl (C=O) groups excluding carboxylic acids is 1. The Balaban J connectivity index is 2.12. The van der Waals surface area contributed by atoms with Crippen molar-refractivity contribution in [1.29, 1.82) is 5.26 Å². The molecule has 0 heterocycles. The predicted octanol–water partition coefficient (Wildman–Crippen LogP) is 2.91. The SMILES string of the molecule is CC(C)(C#N)CCCOC(=O)CCOc1ccc(N)cc1. The maximum absolute atomic E-state index is 11.5. The lowest BCUT2D eigenvalue weighted by atomic mass is 9.90. The van der Waals surface area contributed by atoms with Crippen molar-refractivity contribution in [3.8, 4) is 11.8 Å². The van der Waals surface area contributed by atoms with E-state index in [-0.39, 0.29) is 24.4 Å². The average molecular weight is 290 g/mol. The summed E-state index contributed by atoms with van der Waals surface area (Å²) in [6, 6.07) is 9.21. The van der Waals surface area contributed by atoms with Crippen LogP contribution in [-0.2, 0) is 9.53 Å². The predicted molar refractivity (Wildman–Crippen MR) is 80.6 cm³/mol. The zero-order valence-electron chi connectivity index (χ0n) is 12.6. The van der Waals surface area contributed by atoms with Crippen LogP contribution in [0.3, 0.4) is 0 Å². The molecule has 2 N–H and O–H groups in total. The van der Waals surface area contributed by atoms with Crippen LogP contribution in [0.4, 0.5) is 5.69 Å². The van der Waals surface area contributed by atoms with E-state index in [0.717, 1.165) is 0 Å². The van der Waals surface area contributed by atoms with Gasteiger partial charge in [0.25, 0.3) is 0 Å². The van der Waals surface area contributed by atoms with Gasteiger partial charge >= 0.3 is 5.97 Å². The molecule has 1 aromatic rings. The van der Waals surface area contributed by atoms with Crippen molar-refractivity contribution in [3.63, 3.8) is 0 Å². The molecule has 0 amide bonds. The lowest BCUT2D eigenvalue weighted by Gasteiger charge is -2.14. The van der Waals surface area contributed by atoms with Crippen molar-refractivity contribution in [3.05, 3.63) is 24.3 Å². The molecule has 0 spiro atoms. The molecule has 0 atom stereocenters. The minimum absolute atomic E-state index is 0.200. The number of nitrogens with two attached hydrogens (primary N) is 1. The van der Waals surface area contributed by atoms with E-state index in [2.05, 4.69) is 6.07 Å². The van der Waals surface area contributed by atoms with E-state index in [1.165, 1.54) is 0 Å². The second-order valence-electron chi connectivity index (χ2n) is 5.49. The first-order valence-corrected chi connectivity index (χ1v) is 6.98. The van der Waals surface area contributed by atoms with Crippen LogP contribution >= 0.6 is 0 Å². The summed E-state index contributed by atoms with van der Waals surface area (Å²) in [6.45, 7) is 4.35. The molecule has 1 rings (SSSR count). The van der Waals surface area contributed by atoms with Crippen molar-refractivity contribution >= 4 is 11.7 Å². The van der Waals surface area contributed by atoms with Gasteiger partial charge in [0, 0.05) is 5.69 Å². The van der Waals surface area contributed by atoms with Crippen LogP contribution in [0.2, 0.25) is 0 Å². The molecule has 0 unspecified atom stereocenters. The van der Waals surface area contributed by atoms with Crippen molar-refractivity contribution < 1.29 is 14.3 Å². The molecular formula is C16H22N2O3. The Kier molecular flexibility index (Phi) is 6.54. The highest BCUT2D eigenvalue weighted by Gasteiger charge is 2.16. The second-order valence-corrected chi connectivity index (χ2v) is 5.49. The zero-order valence-corrected chi connectivity index (χ0v) is 12.6. The molecule has 1 aromatic carbocycles.